The molecule has 0 aromatic heterocycles. The first-order valence-electron chi connectivity index (χ1n) is 21.6. The fourth-order valence-corrected chi connectivity index (χ4v) is 9.20. The smallest absolute Gasteiger partial charge is 0.138 e. The van der Waals surface area contributed by atoms with E-state index in [-0.39, 0.29) is 0 Å². The topological polar surface area (TPSA) is 12.5 Å². The first kappa shape index (κ1) is 42.0. The molecule has 2 nitrogen and oxygen atoms in total. The van der Waals surface area contributed by atoms with E-state index in [1.807, 2.05) is 31.2 Å². The van der Waals surface area contributed by atoms with Gasteiger partial charge < -0.3 is 9.64 Å². The van der Waals surface area contributed by atoms with Crippen LogP contribution in [0.15, 0.2) is 238 Å². The number of hydrogen-bond acceptors (Lipinski definition) is 2. The van der Waals surface area contributed by atoms with Crippen molar-refractivity contribution in [3.05, 3.63) is 283 Å². The van der Waals surface area contributed by atoms with Gasteiger partial charge in [0.15, 0.2) is 0 Å². The maximum atomic E-state index is 6.42. The van der Waals surface area contributed by atoms with Gasteiger partial charge in [0, 0.05) is 22.6 Å². The van der Waals surface area contributed by atoms with Crippen LogP contribution in [0.5, 0.6) is 5.75 Å². The minimum Gasteiger partial charge on any atom is -0.457 e. The van der Waals surface area contributed by atoms with Crippen LogP contribution in [0.1, 0.15) is 58.4 Å². The minimum atomic E-state index is -0.542. The molecule has 0 saturated heterocycles. The van der Waals surface area contributed by atoms with E-state index in [2.05, 4.69) is 214 Å². The fourth-order valence-electron chi connectivity index (χ4n) is 9.20. The average Bonchev–Trinajstić information content (AvgIpc) is 3.65. The third-order valence-electron chi connectivity index (χ3n) is 12.0. The number of anilines is 2. The summed E-state index contributed by atoms with van der Waals surface area (Å²) >= 11 is 0. The Morgan fingerprint density at radius 1 is 0.683 bits per heavy atom. The molecular formula is C61H53NO. The second-order valence-electron chi connectivity index (χ2n) is 15.8. The van der Waals surface area contributed by atoms with Crippen molar-refractivity contribution in [2.75, 3.05) is 4.90 Å². The van der Waals surface area contributed by atoms with Crippen molar-refractivity contribution in [3.8, 4) is 16.9 Å². The summed E-state index contributed by atoms with van der Waals surface area (Å²) in [7, 11) is 0. The quantitative estimate of drug-likeness (QED) is 0.106. The molecule has 1 heterocycles. The van der Waals surface area contributed by atoms with Crippen LogP contribution in [0.25, 0.3) is 33.5 Å². The zero-order valence-electron chi connectivity index (χ0n) is 36.5. The highest BCUT2D eigenvalue weighted by Crippen LogP contribution is 2.57. The highest BCUT2D eigenvalue weighted by Gasteiger charge is 2.46. The molecule has 0 radical (unpaired) electrons. The summed E-state index contributed by atoms with van der Waals surface area (Å²) in [5.74, 6) is 1.41. The van der Waals surface area contributed by atoms with Gasteiger partial charge in [-0.05, 0) is 130 Å². The Bertz CT molecular complexity index is 2950. The van der Waals surface area contributed by atoms with Crippen molar-refractivity contribution in [3.63, 3.8) is 0 Å². The van der Waals surface area contributed by atoms with Gasteiger partial charge in [0.05, 0.1) is 5.41 Å². The Balaban J connectivity index is 0.00000177. The molecule has 1 aliphatic heterocycles. The Hall–Kier alpha value is -7.68. The number of nitrogens with zero attached hydrogens (tertiary/aromatic N) is 1. The third kappa shape index (κ3) is 7.89. The summed E-state index contributed by atoms with van der Waals surface area (Å²) in [6.07, 6.45) is 18.9. The first-order valence-corrected chi connectivity index (χ1v) is 21.6. The largest absolute Gasteiger partial charge is 0.457 e. The summed E-state index contributed by atoms with van der Waals surface area (Å²) in [4.78, 5) is 2.29. The molecule has 308 valence electrons. The number of aryl methyl sites for hydroxylation is 1. The zero-order valence-corrected chi connectivity index (χ0v) is 36.5. The molecule has 0 unspecified atom stereocenters. The maximum Gasteiger partial charge on any atom is 0.138 e. The predicted molar refractivity (Wildman–Crippen MR) is 271 cm³/mol. The lowest BCUT2D eigenvalue weighted by Gasteiger charge is -2.35. The first-order chi connectivity index (χ1) is 30.8. The lowest BCUT2D eigenvalue weighted by atomic mass is 9.67. The molecule has 0 atom stereocenters. The van der Waals surface area contributed by atoms with Crippen LogP contribution >= 0.6 is 0 Å². The van der Waals surface area contributed by atoms with Crippen molar-refractivity contribution in [1.82, 2.24) is 0 Å². The molecule has 0 N–H and O–H groups in total. The summed E-state index contributed by atoms with van der Waals surface area (Å²) in [6, 6.07) is 55.1. The molecule has 2 aliphatic rings. The molecule has 7 aromatic carbocycles. The van der Waals surface area contributed by atoms with E-state index in [9.17, 15) is 0 Å². The van der Waals surface area contributed by atoms with Gasteiger partial charge in [-0.25, -0.2) is 0 Å². The number of para-hydroxylation sites is 1. The lowest BCUT2D eigenvalue weighted by Crippen LogP contribution is -2.28. The number of allylic oxidation sites excluding steroid dienone is 9. The summed E-state index contributed by atoms with van der Waals surface area (Å²) in [5, 5.41) is 2.31. The van der Waals surface area contributed by atoms with Crippen LogP contribution in [0.2, 0.25) is 0 Å². The zero-order chi connectivity index (χ0) is 43.9. The molecule has 2 heteroatoms. The Kier molecular flexibility index (Phi) is 12.4. The van der Waals surface area contributed by atoms with E-state index in [0.29, 0.717) is 5.76 Å². The molecule has 0 spiro atoms. The Labute approximate surface area is 373 Å². The molecule has 0 fully saturated rings. The Morgan fingerprint density at radius 3 is 2.05 bits per heavy atom. The number of benzene rings is 7. The summed E-state index contributed by atoms with van der Waals surface area (Å²) in [5.41, 5.74) is 15.2. The minimum absolute atomic E-state index is 0.542. The number of hydrogen-bond donors (Lipinski definition) is 0. The monoisotopic (exact) mass is 815 g/mol. The van der Waals surface area contributed by atoms with E-state index in [1.165, 1.54) is 38.9 Å². The van der Waals surface area contributed by atoms with Crippen molar-refractivity contribution in [1.29, 1.82) is 0 Å². The van der Waals surface area contributed by atoms with Crippen LogP contribution < -0.4 is 9.64 Å². The number of rotatable bonds is 9. The van der Waals surface area contributed by atoms with Crippen LogP contribution in [0.3, 0.4) is 0 Å². The van der Waals surface area contributed by atoms with Gasteiger partial charge in [0.1, 0.15) is 11.5 Å². The van der Waals surface area contributed by atoms with Crippen molar-refractivity contribution < 1.29 is 4.74 Å². The predicted octanol–water partition coefficient (Wildman–Crippen LogP) is 16.2. The lowest BCUT2D eigenvalue weighted by molar-refractivity contribution is 0.441. The summed E-state index contributed by atoms with van der Waals surface area (Å²) < 4.78 is 6.42. The van der Waals surface area contributed by atoms with Gasteiger partial charge in [-0.1, -0.05) is 190 Å². The molecule has 9 rings (SSSR count). The van der Waals surface area contributed by atoms with E-state index in [4.69, 9.17) is 11.3 Å². The van der Waals surface area contributed by atoms with E-state index < -0.39 is 5.41 Å². The molecule has 0 bridgehead atoms. The summed E-state index contributed by atoms with van der Waals surface area (Å²) in [6.45, 7) is 22.6. The highest BCUT2D eigenvalue weighted by atomic mass is 16.5. The number of ether oxygens (including phenoxy) is 1. The van der Waals surface area contributed by atoms with Crippen molar-refractivity contribution in [2.24, 2.45) is 0 Å². The molecule has 0 amide bonds. The Morgan fingerprint density at radius 2 is 1.33 bits per heavy atom. The van der Waals surface area contributed by atoms with Gasteiger partial charge in [-0.15, -0.1) is 6.58 Å². The highest BCUT2D eigenvalue weighted by molar-refractivity contribution is 5.96. The SMILES string of the molecule is C=CC.C=Cc1c(C)ccc2ccc(N(C(=C)/C=C\C(=C/C)c3cccc4c3OC(=C)/C=C\C=C/C4)c3ccc4c(c3)C(c3ccccc3)(c3ccccc3)c3ccccc3-4)cc12. The average molecular weight is 816 g/mol. The van der Waals surface area contributed by atoms with Gasteiger partial charge in [-0.2, -0.15) is 0 Å². The van der Waals surface area contributed by atoms with Gasteiger partial charge in [0.2, 0.25) is 0 Å². The second kappa shape index (κ2) is 18.5. The van der Waals surface area contributed by atoms with E-state index in [0.717, 1.165) is 62.3 Å². The van der Waals surface area contributed by atoms with Crippen molar-refractivity contribution >= 4 is 33.8 Å². The molecular weight excluding hydrogens is 763 g/mol. The number of fused-ring (bicyclic) bond motifs is 5. The van der Waals surface area contributed by atoms with Gasteiger partial charge >= 0.3 is 0 Å². The van der Waals surface area contributed by atoms with E-state index in [1.54, 1.807) is 6.08 Å². The van der Waals surface area contributed by atoms with Gasteiger partial charge in [0.25, 0.3) is 0 Å². The van der Waals surface area contributed by atoms with Crippen molar-refractivity contribution in [2.45, 2.75) is 32.6 Å². The van der Waals surface area contributed by atoms with Gasteiger partial charge in [-0.3, -0.25) is 0 Å². The fraction of sp³-hybridized carbons (Fsp3) is 0.0820. The molecule has 7 aromatic rings. The molecule has 63 heavy (non-hydrogen) atoms. The van der Waals surface area contributed by atoms with Crippen LogP contribution in [0.4, 0.5) is 11.4 Å². The normalized spacial score (nSPS) is 14.7. The van der Waals surface area contributed by atoms with Crippen LogP contribution in [-0.2, 0) is 11.8 Å². The maximum absolute atomic E-state index is 6.42. The standard InChI is InChI=1S/C58H47NO.C3H6/c1-6-43(51-28-19-22-45-21-12-8-11-20-42(5)60-57(45)51)33-31-41(4)59(48-35-34-44-32-30-40(3)50(7-2)54(44)38-48)49-36-37-53-52-27-17-18-29-55(52)58(56(53)39-49,46-23-13-9-14-24-46)47-25-15-10-16-26-47;1-3-2/h6-20,22-39H,2,4-5,21H2,1,3H3;3H,1H2,2H3/b12-8-,20-11-,33-31-,43-6+;. The van der Waals surface area contributed by atoms with Crippen LogP contribution in [0, 0.1) is 6.92 Å². The third-order valence-corrected chi connectivity index (χ3v) is 12.0. The van der Waals surface area contributed by atoms with Crippen LogP contribution in [-0.4, -0.2) is 0 Å². The van der Waals surface area contributed by atoms with E-state index >= 15 is 0 Å². The second-order valence-corrected chi connectivity index (χ2v) is 15.8. The molecule has 1 aliphatic carbocycles. The molecule has 0 saturated carbocycles.